The Morgan fingerprint density at radius 2 is 2.28 bits per heavy atom. The third kappa shape index (κ3) is 2.96. The van der Waals surface area contributed by atoms with E-state index in [1.54, 1.807) is 4.90 Å². The second-order valence-corrected chi connectivity index (χ2v) is 5.29. The third-order valence-corrected chi connectivity index (χ3v) is 3.78. The molecule has 0 aliphatic carbocycles. The zero-order valence-corrected chi connectivity index (χ0v) is 11.3. The lowest BCUT2D eigenvalue weighted by molar-refractivity contribution is 0.0787. The summed E-state index contributed by atoms with van der Waals surface area (Å²) < 4.78 is 12.9. The Bertz CT molecular complexity index is 453. The topological polar surface area (TPSA) is 20.3 Å². The fourth-order valence-electron chi connectivity index (χ4n) is 2.24. The number of halogens is 3. The molecule has 0 radical (unpaired) electrons. The summed E-state index contributed by atoms with van der Waals surface area (Å²) in [5.41, 5.74) is 0.365. The molecule has 0 bridgehead atoms. The summed E-state index contributed by atoms with van der Waals surface area (Å²) >= 11 is 11.6. The molecule has 1 heterocycles. The average molecular weight is 290 g/mol. The number of hydrogen-bond donors (Lipinski definition) is 0. The van der Waals surface area contributed by atoms with Gasteiger partial charge in [0.2, 0.25) is 0 Å². The standard InChI is InChI=1S/C13H14Cl2FNO/c14-5-3-9-4-6-17(8-9)13(18)11-2-1-10(16)7-12(11)15/h1-2,7,9H,3-6,8H2. The Morgan fingerprint density at radius 1 is 1.50 bits per heavy atom. The molecule has 1 aliphatic rings. The molecular formula is C13H14Cl2FNO. The fraction of sp³-hybridized carbons (Fsp3) is 0.462. The van der Waals surface area contributed by atoms with Crippen molar-refractivity contribution in [2.45, 2.75) is 12.8 Å². The summed E-state index contributed by atoms with van der Waals surface area (Å²) in [6.45, 7) is 1.42. The molecule has 18 heavy (non-hydrogen) atoms. The van der Waals surface area contributed by atoms with Gasteiger partial charge in [0, 0.05) is 19.0 Å². The maximum absolute atomic E-state index is 12.9. The van der Waals surface area contributed by atoms with E-state index in [9.17, 15) is 9.18 Å². The molecule has 2 rings (SSSR count). The van der Waals surface area contributed by atoms with Gasteiger partial charge in [-0.1, -0.05) is 11.6 Å². The Balaban J connectivity index is 2.08. The number of likely N-dealkylation sites (tertiary alicyclic amines) is 1. The van der Waals surface area contributed by atoms with E-state index in [2.05, 4.69) is 0 Å². The summed E-state index contributed by atoms with van der Waals surface area (Å²) in [7, 11) is 0. The lowest BCUT2D eigenvalue weighted by Crippen LogP contribution is -2.29. The van der Waals surface area contributed by atoms with Crippen LogP contribution in [0.15, 0.2) is 18.2 Å². The molecule has 1 amide bonds. The van der Waals surface area contributed by atoms with Crippen molar-refractivity contribution in [3.63, 3.8) is 0 Å². The van der Waals surface area contributed by atoms with Crippen LogP contribution in [0.3, 0.4) is 0 Å². The molecule has 2 nitrogen and oxygen atoms in total. The maximum atomic E-state index is 12.9. The third-order valence-electron chi connectivity index (χ3n) is 3.25. The molecule has 0 N–H and O–H groups in total. The van der Waals surface area contributed by atoms with Gasteiger partial charge in [-0.25, -0.2) is 4.39 Å². The molecule has 1 unspecified atom stereocenters. The first-order valence-corrected chi connectivity index (χ1v) is 6.83. The van der Waals surface area contributed by atoms with Crippen LogP contribution in [-0.2, 0) is 0 Å². The monoisotopic (exact) mass is 289 g/mol. The predicted molar refractivity (Wildman–Crippen MR) is 70.8 cm³/mol. The summed E-state index contributed by atoms with van der Waals surface area (Å²) in [5, 5.41) is 0.167. The van der Waals surface area contributed by atoms with Gasteiger partial charge in [0.25, 0.3) is 5.91 Å². The van der Waals surface area contributed by atoms with E-state index in [4.69, 9.17) is 23.2 Å². The van der Waals surface area contributed by atoms with Crippen molar-refractivity contribution in [1.82, 2.24) is 4.90 Å². The minimum Gasteiger partial charge on any atom is -0.338 e. The van der Waals surface area contributed by atoms with Crippen molar-refractivity contribution in [2.75, 3.05) is 19.0 Å². The first-order chi connectivity index (χ1) is 8.61. The van der Waals surface area contributed by atoms with Crippen molar-refractivity contribution in [2.24, 2.45) is 5.92 Å². The highest BCUT2D eigenvalue weighted by molar-refractivity contribution is 6.33. The van der Waals surface area contributed by atoms with Crippen LogP contribution in [0.5, 0.6) is 0 Å². The average Bonchev–Trinajstić information content (AvgIpc) is 2.77. The van der Waals surface area contributed by atoms with E-state index in [1.165, 1.54) is 18.2 Å². The SMILES string of the molecule is O=C(c1ccc(F)cc1Cl)N1CCC(CCCl)C1. The summed E-state index contributed by atoms with van der Waals surface area (Å²) in [6.07, 6.45) is 1.89. The van der Waals surface area contributed by atoms with Gasteiger partial charge in [0.05, 0.1) is 10.6 Å². The second kappa shape index (κ2) is 5.89. The number of hydrogen-bond acceptors (Lipinski definition) is 1. The zero-order chi connectivity index (χ0) is 13.1. The number of carbonyl (C=O) groups excluding carboxylic acids is 1. The van der Waals surface area contributed by atoms with Gasteiger partial charge in [-0.15, -0.1) is 11.6 Å². The highest BCUT2D eigenvalue weighted by Gasteiger charge is 2.27. The molecule has 5 heteroatoms. The van der Waals surface area contributed by atoms with Crippen LogP contribution < -0.4 is 0 Å². The van der Waals surface area contributed by atoms with E-state index in [0.717, 1.165) is 12.8 Å². The van der Waals surface area contributed by atoms with Crippen molar-refractivity contribution in [1.29, 1.82) is 0 Å². The zero-order valence-electron chi connectivity index (χ0n) is 9.83. The number of alkyl halides is 1. The van der Waals surface area contributed by atoms with Crippen LogP contribution in [0.2, 0.25) is 5.02 Å². The van der Waals surface area contributed by atoms with E-state index in [1.807, 2.05) is 0 Å². The van der Waals surface area contributed by atoms with Crippen LogP contribution in [0, 0.1) is 11.7 Å². The fourth-order valence-corrected chi connectivity index (χ4v) is 2.80. The molecule has 1 saturated heterocycles. The molecule has 0 aromatic heterocycles. The van der Waals surface area contributed by atoms with Crippen LogP contribution >= 0.6 is 23.2 Å². The summed E-state index contributed by atoms with van der Waals surface area (Å²) in [4.78, 5) is 14.0. The number of rotatable bonds is 3. The Labute approximate surface area is 116 Å². The molecule has 1 aliphatic heterocycles. The van der Waals surface area contributed by atoms with E-state index >= 15 is 0 Å². The normalized spacial score (nSPS) is 19.3. The largest absolute Gasteiger partial charge is 0.338 e. The first-order valence-electron chi connectivity index (χ1n) is 5.92. The van der Waals surface area contributed by atoms with Gasteiger partial charge >= 0.3 is 0 Å². The number of amides is 1. The molecule has 1 aromatic carbocycles. The summed E-state index contributed by atoms with van der Waals surface area (Å²) in [5.74, 6) is 0.519. The quantitative estimate of drug-likeness (QED) is 0.779. The molecule has 1 aromatic rings. The first kappa shape index (κ1) is 13.6. The van der Waals surface area contributed by atoms with Crippen molar-refractivity contribution >= 4 is 29.1 Å². The van der Waals surface area contributed by atoms with Gasteiger partial charge in [-0.2, -0.15) is 0 Å². The van der Waals surface area contributed by atoms with Gasteiger partial charge in [0.15, 0.2) is 0 Å². The molecule has 0 spiro atoms. The Kier molecular flexibility index (Phi) is 4.46. The molecule has 98 valence electrons. The Hall–Kier alpha value is -0.800. The van der Waals surface area contributed by atoms with E-state index < -0.39 is 5.82 Å². The van der Waals surface area contributed by atoms with Crippen molar-refractivity contribution in [3.8, 4) is 0 Å². The van der Waals surface area contributed by atoms with Gasteiger partial charge in [0.1, 0.15) is 5.82 Å². The number of nitrogens with zero attached hydrogens (tertiary/aromatic N) is 1. The van der Waals surface area contributed by atoms with Gasteiger partial charge in [-0.3, -0.25) is 4.79 Å². The lowest BCUT2D eigenvalue weighted by atomic mass is 10.1. The van der Waals surface area contributed by atoms with Crippen LogP contribution in [-0.4, -0.2) is 29.8 Å². The van der Waals surface area contributed by atoms with E-state index in [0.29, 0.717) is 30.5 Å². The molecule has 1 atom stereocenters. The number of benzene rings is 1. The number of carbonyl (C=O) groups is 1. The van der Waals surface area contributed by atoms with Crippen LogP contribution in [0.1, 0.15) is 23.2 Å². The van der Waals surface area contributed by atoms with Crippen LogP contribution in [0.25, 0.3) is 0 Å². The smallest absolute Gasteiger partial charge is 0.255 e. The maximum Gasteiger partial charge on any atom is 0.255 e. The highest BCUT2D eigenvalue weighted by atomic mass is 35.5. The van der Waals surface area contributed by atoms with Crippen molar-refractivity contribution in [3.05, 3.63) is 34.6 Å². The minimum absolute atomic E-state index is 0.128. The van der Waals surface area contributed by atoms with E-state index in [-0.39, 0.29) is 10.9 Å². The van der Waals surface area contributed by atoms with Crippen LogP contribution in [0.4, 0.5) is 4.39 Å². The predicted octanol–water partition coefficient (Wildman–Crippen LogP) is 3.57. The summed E-state index contributed by atoms with van der Waals surface area (Å²) in [6, 6.07) is 3.86. The molecule has 0 saturated carbocycles. The Morgan fingerprint density at radius 3 is 2.94 bits per heavy atom. The minimum atomic E-state index is -0.432. The molecule has 1 fully saturated rings. The van der Waals surface area contributed by atoms with Gasteiger partial charge < -0.3 is 4.90 Å². The lowest BCUT2D eigenvalue weighted by Gasteiger charge is -2.17. The molecular weight excluding hydrogens is 276 g/mol. The van der Waals surface area contributed by atoms with Crippen molar-refractivity contribution < 1.29 is 9.18 Å². The second-order valence-electron chi connectivity index (χ2n) is 4.51. The highest BCUT2D eigenvalue weighted by Crippen LogP contribution is 2.25. The van der Waals surface area contributed by atoms with Gasteiger partial charge in [-0.05, 0) is 37.0 Å².